The first-order chi connectivity index (χ1) is 16.0. The van der Waals surface area contributed by atoms with E-state index in [1.54, 1.807) is 32.0 Å². The van der Waals surface area contributed by atoms with Crippen LogP contribution in [0, 0.1) is 0 Å². The summed E-state index contributed by atoms with van der Waals surface area (Å²) in [6.07, 6.45) is 1.59. The number of sulfone groups is 1. The molecule has 0 bridgehead atoms. The Kier molecular flexibility index (Phi) is 7.64. The maximum Gasteiger partial charge on any atom is 0.267 e. The van der Waals surface area contributed by atoms with Crippen LogP contribution >= 0.6 is 0 Å². The second kappa shape index (κ2) is 10.1. The van der Waals surface area contributed by atoms with Gasteiger partial charge in [0.1, 0.15) is 5.56 Å². The van der Waals surface area contributed by atoms with Gasteiger partial charge in [0, 0.05) is 25.3 Å². The van der Waals surface area contributed by atoms with E-state index >= 15 is 0 Å². The van der Waals surface area contributed by atoms with Gasteiger partial charge in [0.05, 0.1) is 15.8 Å². The highest BCUT2D eigenvalue weighted by molar-refractivity contribution is 7.92. The van der Waals surface area contributed by atoms with E-state index in [4.69, 9.17) is 10.5 Å². The Labute approximate surface area is 199 Å². The summed E-state index contributed by atoms with van der Waals surface area (Å²) in [5.41, 5.74) is 4.31. The highest BCUT2D eigenvalue weighted by Gasteiger charge is 2.35. The number of nitrogens with one attached hydrogen (secondary N) is 3. The molecule has 1 aromatic carbocycles. The fourth-order valence-electron chi connectivity index (χ4n) is 3.86. The number of nitrogens with two attached hydrogens (primary N) is 1. The molecule has 0 radical (unpaired) electrons. The van der Waals surface area contributed by atoms with Gasteiger partial charge in [0.25, 0.3) is 11.5 Å². The average molecular weight is 493 g/mol. The Bertz CT molecular complexity index is 1200. The molecule has 1 saturated heterocycles. The van der Waals surface area contributed by atoms with E-state index in [2.05, 4.69) is 25.5 Å². The number of hydrogen-bond donors (Lipinski definition) is 4. The molecule has 0 spiro atoms. The lowest BCUT2D eigenvalue weighted by Gasteiger charge is -2.42. The monoisotopic (exact) mass is 492 g/mol. The summed E-state index contributed by atoms with van der Waals surface area (Å²) in [5.74, 6) is -0.980. The maximum atomic E-state index is 12.8. The molecule has 1 aliphatic rings. The normalized spacial score (nSPS) is 15.9. The summed E-state index contributed by atoms with van der Waals surface area (Å²) >= 11 is 0. The third kappa shape index (κ3) is 5.24. The number of anilines is 3. The van der Waals surface area contributed by atoms with Crippen molar-refractivity contribution in [2.24, 2.45) is 5.73 Å². The molecule has 186 valence electrons. The van der Waals surface area contributed by atoms with E-state index in [1.807, 2.05) is 14.1 Å². The van der Waals surface area contributed by atoms with Crippen LogP contribution < -0.4 is 21.9 Å². The minimum absolute atomic E-state index is 0.0331. The van der Waals surface area contributed by atoms with Gasteiger partial charge in [-0.25, -0.2) is 8.42 Å². The van der Waals surface area contributed by atoms with Crippen molar-refractivity contribution in [2.75, 3.05) is 44.5 Å². The van der Waals surface area contributed by atoms with Crippen molar-refractivity contribution in [3.8, 4) is 0 Å². The van der Waals surface area contributed by atoms with Gasteiger partial charge in [0.15, 0.2) is 15.7 Å². The van der Waals surface area contributed by atoms with Gasteiger partial charge < -0.3 is 26.0 Å². The number of aromatic nitrogens is 2. The Morgan fingerprint density at radius 2 is 1.91 bits per heavy atom. The molecule has 2 heterocycles. The number of aromatic amines is 1. The highest BCUT2D eigenvalue weighted by Crippen LogP contribution is 2.29. The fraction of sp³-hybridized carbons (Fsp3) is 0.500. The summed E-state index contributed by atoms with van der Waals surface area (Å²) in [4.78, 5) is 33.8. The molecular formula is C22H32N6O5S. The number of carbonyl (C=O) groups excluding carboxylic acids is 1. The molecule has 11 nitrogen and oxygen atoms in total. The van der Waals surface area contributed by atoms with Crippen LogP contribution in [0.2, 0.25) is 0 Å². The zero-order valence-corrected chi connectivity index (χ0v) is 20.7. The number of ether oxygens (including phenoxy) is 1. The SMILES string of the molecule is CC(C)S(=O)(=O)c1ccccc1Nc1nc(NCC2(N(C)C)CCOCC2)[nH]c(=O)c1C(N)=O. The quantitative estimate of drug-likeness (QED) is 0.405. The predicted octanol–water partition coefficient (Wildman–Crippen LogP) is 1.32. The van der Waals surface area contributed by atoms with Crippen LogP contribution in [0.25, 0.3) is 0 Å². The minimum Gasteiger partial charge on any atom is -0.381 e. The van der Waals surface area contributed by atoms with Crippen LogP contribution in [0.1, 0.15) is 37.0 Å². The van der Waals surface area contributed by atoms with Crippen molar-refractivity contribution in [3.05, 3.63) is 40.2 Å². The Hall–Kier alpha value is -2.96. The van der Waals surface area contributed by atoms with Crippen molar-refractivity contribution in [1.82, 2.24) is 14.9 Å². The molecule has 34 heavy (non-hydrogen) atoms. The molecular weight excluding hydrogens is 460 g/mol. The number of rotatable bonds is 9. The number of nitrogens with zero attached hydrogens (tertiary/aromatic N) is 2. The van der Waals surface area contributed by atoms with E-state index in [9.17, 15) is 18.0 Å². The number of amides is 1. The van der Waals surface area contributed by atoms with Gasteiger partial charge in [-0.15, -0.1) is 0 Å². The minimum atomic E-state index is -3.65. The van der Waals surface area contributed by atoms with Crippen LogP contribution in [-0.2, 0) is 14.6 Å². The lowest BCUT2D eigenvalue weighted by Crippen LogP contribution is -2.53. The first kappa shape index (κ1) is 25.7. The average Bonchev–Trinajstić information content (AvgIpc) is 2.78. The van der Waals surface area contributed by atoms with Crippen molar-refractivity contribution in [3.63, 3.8) is 0 Å². The van der Waals surface area contributed by atoms with Gasteiger partial charge in [-0.2, -0.15) is 4.98 Å². The molecule has 12 heteroatoms. The molecule has 0 aliphatic carbocycles. The summed E-state index contributed by atoms with van der Waals surface area (Å²) in [5, 5.41) is 5.34. The van der Waals surface area contributed by atoms with Crippen LogP contribution in [0.3, 0.4) is 0 Å². The molecule has 1 fully saturated rings. The molecule has 3 rings (SSSR count). The van der Waals surface area contributed by atoms with Gasteiger partial charge in [0.2, 0.25) is 5.95 Å². The zero-order valence-electron chi connectivity index (χ0n) is 19.8. The maximum absolute atomic E-state index is 12.8. The molecule has 1 aliphatic heterocycles. The van der Waals surface area contributed by atoms with Crippen LogP contribution in [-0.4, -0.2) is 73.8 Å². The van der Waals surface area contributed by atoms with Crippen molar-refractivity contribution in [2.45, 2.75) is 42.4 Å². The van der Waals surface area contributed by atoms with Crippen molar-refractivity contribution < 1.29 is 17.9 Å². The van der Waals surface area contributed by atoms with Crippen LogP contribution in [0.15, 0.2) is 34.0 Å². The molecule has 1 aromatic heterocycles. The van der Waals surface area contributed by atoms with Gasteiger partial charge in [-0.1, -0.05) is 12.1 Å². The summed E-state index contributed by atoms with van der Waals surface area (Å²) in [6.45, 7) is 4.87. The summed E-state index contributed by atoms with van der Waals surface area (Å²) < 4.78 is 31.1. The van der Waals surface area contributed by atoms with Gasteiger partial charge in [-0.05, 0) is 52.9 Å². The number of primary amides is 1. The first-order valence-electron chi connectivity index (χ1n) is 11.0. The Morgan fingerprint density at radius 3 is 2.50 bits per heavy atom. The lowest BCUT2D eigenvalue weighted by atomic mass is 9.88. The highest BCUT2D eigenvalue weighted by atomic mass is 32.2. The second-order valence-corrected chi connectivity index (χ2v) is 11.3. The number of likely N-dealkylation sites (N-methyl/N-ethyl adjacent to an activating group) is 1. The zero-order chi connectivity index (χ0) is 25.1. The smallest absolute Gasteiger partial charge is 0.267 e. The fourth-order valence-corrected chi connectivity index (χ4v) is 5.06. The Balaban J connectivity index is 1.99. The molecule has 0 unspecified atom stereocenters. The molecule has 5 N–H and O–H groups in total. The largest absolute Gasteiger partial charge is 0.381 e. The predicted molar refractivity (Wildman–Crippen MR) is 130 cm³/mol. The van der Waals surface area contributed by atoms with E-state index < -0.39 is 32.1 Å². The molecule has 1 amide bonds. The van der Waals surface area contributed by atoms with E-state index in [0.717, 1.165) is 12.8 Å². The van der Waals surface area contributed by atoms with Crippen LogP contribution in [0.5, 0.6) is 0 Å². The first-order valence-corrected chi connectivity index (χ1v) is 12.6. The summed E-state index contributed by atoms with van der Waals surface area (Å²) in [7, 11) is 0.320. The second-order valence-electron chi connectivity index (χ2n) is 8.80. The third-order valence-electron chi connectivity index (χ3n) is 6.19. The van der Waals surface area contributed by atoms with E-state index in [0.29, 0.717) is 19.8 Å². The number of benzene rings is 1. The van der Waals surface area contributed by atoms with Crippen molar-refractivity contribution >= 4 is 33.2 Å². The molecule has 0 saturated carbocycles. The number of H-pyrrole nitrogens is 1. The van der Waals surface area contributed by atoms with Gasteiger partial charge >= 0.3 is 0 Å². The standard InChI is InChI=1S/C22H32N6O5S/c1-14(2)34(31,32)16-8-6-5-7-15(16)25-19-17(18(23)29)20(30)27-21(26-19)24-13-22(28(3)4)9-11-33-12-10-22/h5-8,14H,9-13H2,1-4H3,(H2,23,29)(H3,24,25,26,27,30). The number of hydrogen-bond acceptors (Lipinski definition) is 9. The topological polar surface area (TPSA) is 160 Å². The molecule has 2 aromatic rings. The summed E-state index contributed by atoms with van der Waals surface area (Å²) in [6, 6.07) is 6.24. The van der Waals surface area contributed by atoms with Crippen LogP contribution in [0.4, 0.5) is 17.5 Å². The van der Waals surface area contributed by atoms with E-state index in [1.165, 1.54) is 6.07 Å². The molecule has 0 atom stereocenters. The number of para-hydroxylation sites is 1. The Morgan fingerprint density at radius 1 is 1.26 bits per heavy atom. The number of carbonyl (C=O) groups is 1. The van der Waals surface area contributed by atoms with Gasteiger partial charge in [-0.3, -0.25) is 14.6 Å². The lowest BCUT2D eigenvalue weighted by molar-refractivity contribution is -0.000707. The van der Waals surface area contributed by atoms with E-state index in [-0.39, 0.29) is 27.9 Å². The van der Waals surface area contributed by atoms with Crippen molar-refractivity contribution in [1.29, 1.82) is 0 Å². The third-order valence-corrected chi connectivity index (χ3v) is 8.40.